The number of nitrogens with one attached hydrogen (secondary N) is 1. The van der Waals surface area contributed by atoms with E-state index in [0.29, 0.717) is 0 Å². The van der Waals surface area contributed by atoms with Crippen LogP contribution in [0.25, 0.3) is 0 Å². The maximum atomic E-state index is 10.7. The Hall–Kier alpha value is -2.69. The Morgan fingerprint density at radius 1 is 1.10 bits per heavy atom. The number of hydrogen-bond donors (Lipinski definition) is 1. The van der Waals surface area contributed by atoms with E-state index in [-0.39, 0.29) is 11.6 Å². The van der Waals surface area contributed by atoms with Gasteiger partial charge >= 0.3 is 0 Å². The Kier molecular flexibility index (Phi) is 3.16. The Morgan fingerprint density at radius 2 is 1.80 bits per heavy atom. The molecule has 20 heavy (non-hydrogen) atoms. The molecule has 1 unspecified atom stereocenters. The fraction of sp³-hybridized carbons (Fsp3) is 0.133. The van der Waals surface area contributed by atoms with Crippen LogP contribution in [0, 0.1) is 10.1 Å². The monoisotopic (exact) mass is 267 g/mol. The molecule has 0 aliphatic carbocycles. The minimum Gasteiger partial charge on any atom is -0.309 e. The summed E-state index contributed by atoms with van der Waals surface area (Å²) in [4.78, 5) is 10.3. The molecule has 2 aromatic carbocycles. The third-order valence-corrected chi connectivity index (χ3v) is 3.40. The van der Waals surface area contributed by atoms with Crippen molar-refractivity contribution in [2.24, 2.45) is 5.10 Å². The van der Waals surface area contributed by atoms with Gasteiger partial charge in [0.05, 0.1) is 10.6 Å². The molecule has 1 atom stereocenters. The SMILES string of the molecule is O=[N+]([O-])c1ccc(C2=NNCC2c2ccccc2)cc1. The molecule has 5 heteroatoms. The lowest BCUT2D eigenvalue weighted by atomic mass is 9.91. The van der Waals surface area contributed by atoms with Gasteiger partial charge < -0.3 is 5.43 Å². The second kappa shape index (κ2) is 5.13. The van der Waals surface area contributed by atoms with Gasteiger partial charge in [0, 0.05) is 24.6 Å². The number of non-ortho nitro benzene ring substituents is 1. The first-order valence-electron chi connectivity index (χ1n) is 6.36. The molecule has 5 nitrogen and oxygen atoms in total. The van der Waals surface area contributed by atoms with Crippen molar-refractivity contribution < 1.29 is 4.92 Å². The van der Waals surface area contributed by atoms with Crippen molar-refractivity contribution in [3.63, 3.8) is 0 Å². The van der Waals surface area contributed by atoms with Crippen LogP contribution in [0.4, 0.5) is 5.69 Å². The summed E-state index contributed by atoms with van der Waals surface area (Å²) >= 11 is 0. The van der Waals surface area contributed by atoms with Crippen molar-refractivity contribution in [1.82, 2.24) is 5.43 Å². The number of nitrogens with zero attached hydrogens (tertiary/aromatic N) is 2. The molecule has 0 radical (unpaired) electrons. The van der Waals surface area contributed by atoms with Gasteiger partial charge in [-0.05, 0) is 23.3 Å². The Balaban J connectivity index is 1.91. The van der Waals surface area contributed by atoms with Crippen molar-refractivity contribution in [2.75, 3.05) is 6.54 Å². The summed E-state index contributed by atoms with van der Waals surface area (Å²) in [6.07, 6.45) is 0. The zero-order chi connectivity index (χ0) is 13.9. The normalized spacial score (nSPS) is 17.4. The summed E-state index contributed by atoms with van der Waals surface area (Å²) in [6.45, 7) is 0.746. The molecule has 2 aromatic rings. The summed E-state index contributed by atoms with van der Waals surface area (Å²) in [7, 11) is 0. The van der Waals surface area contributed by atoms with E-state index in [4.69, 9.17) is 0 Å². The van der Waals surface area contributed by atoms with E-state index in [1.165, 1.54) is 17.7 Å². The van der Waals surface area contributed by atoms with Crippen LogP contribution in [0.5, 0.6) is 0 Å². The van der Waals surface area contributed by atoms with Gasteiger partial charge in [0.2, 0.25) is 0 Å². The highest BCUT2D eigenvalue weighted by molar-refractivity contribution is 6.06. The molecule has 0 spiro atoms. The number of rotatable bonds is 3. The van der Waals surface area contributed by atoms with Gasteiger partial charge in [-0.15, -0.1) is 0 Å². The third kappa shape index (κ3) is 2.25. The predicted octanol–water partition coefficient (Wildman–Crippen LogP) is 2.69. The van der Waals surface area contributed by atoms with Gasteiger partial charge in [0.15, 0.2) is 0 Å². The van der Waals surface area contributed by atoms with E-state index in [2.05, 4.69) is 22.7 Å². The number of nitro benzene ring substituents is 1. The van der Waals surface area contributed by atoms with Crippen molar-refractivity contribution in [2.45, 2.75) is 5.92 Å². The minimum absolute atomic E-state index is 0.0940. The topological polar surface area (TPSA) is 67.5 Å². The predicted molar refractivity (Wildman–Crippen MR) is 76.8 cm³/mol. The Morgan fingerprint density at radius 3 is 2.45 bits per heavy atom. The summed E-state index contributed by atoms with van der Waals surface area (Å²) in [5.41, 5.74) is 6.13. The quantitative estimate of drug-likeness (QED) is 0.686. The molecule has 0 saturated heterocycles. The van der Waals surface area contributed by atoms with Crippen LogP contribution >= 0.6 is 0 Å². The van der Waals surface area contributed by atoms with Gasteiger partial charge in [-0.25, -0.2) is 0 Å². The molecular formula is C15H13N3O2. The molecule has 0 saturated carbocycles. The maximum Gasteiger partial charge on any atom is 0.269 e. The summed E-state index contributed by atoms with van der Waals surface area (Å²) in [6, 6.07) is 16.6. The van der Waals surface area contributed by atoms with Crippen LogP contribution < -0.4 is 5.43 Å². The molecule has 0 amide bonds. The largest absolute Gasteiger partial charge is 0.309 e. The zero-order valence-electron chi connectivity index (χ0n) is 10.7. The van der Waals surface area contributed by atoms with Gasteiger partial charge in [-0.3, -0.25) is 10.1 Å². The van der Waals surface area contributed by atoms with E-state index >= 15 is 0 Å². The molecule has 1 aliphatic heterocycles. The second-order valence-electron chi connectivity index (χ2n) is 4.63. The van der Waals surface area contributed by atoms with E-state index in [9.17, 15) is 10.1 Å². The summed E-state index contributed by atoms with van der Waals surface area (Å²) in [5.74, 6) is 0.178. The number of benzene rings is 2. The van der Waals surface area contributed by atoms with Crippen LogP contribution in [0.3, 0.4) is 0 Å². The lowest BCUT2D eigenvalue weighted by molar-refractivity contribution is -0.384. The second-order valence-corrected chi connectivity index (χ2v) is 4.63. The first-order chi connectivity index (χ1) is 9.75. The lowest BCUT2D eigenvalue weighted by Gasteiger charge is -2.12. The van der Waals surface area contributed by atoms with E-state index in [0.717, 1.165) is 17.8 Å². The van der Waals surface area contributed by atoms with E-state index < -0.39 is 4.92 Å². The highest BCUT2D eigenvalue weighted by atomic mass is 16.6. The Bertz CT molecular complexity index is 651. The van der Waals surface area contributed by atoms with Crippen LogP contribution in [0.15, 0.2) is 59.7 Å². The van der Waals surface area contributed by atoms with Crippen LogP contribution in [0.1, 0.15) is 17.0 Å². The van der Waals surface area contributed by atoms with Crippen molar-refractivity contribution in [3.8, 4) is 0 Å². The average molecular weight is 267 g/mol. The van der Waals surface area contributed by atoms with E-state index in [1.54, 1.807) is 12.1 Å². The molecule has 100 valence electrons. The lowest BCUT2D eigenvalue weighted by Crippen LogP contribution is -2.14. The van der Waals surface area contributed by atoms with Crippen molar-refractivity contribution in [3.05, 3.63) is 75.8 Å². The summed E-state index contributed by atoms with van der Waals surface area (Å²) < 4.78 is 0. The van der Waals surface area contributed by atoms with Crippen molar-refractivity contribution >= 4 is 11.4 Å². The Labute approximate surface area is 116 Å². The van der Waals surface area contributed by atoms with Gasteiger partial charge in [0.1, 0.15) is 0 Å². The van der Waals surface area contributed by atoms with E-state index in [1.807, 2.05) is 18.2 Å². The number of hydrazone groups is 1. The summed E-state index contributed by atoms with van der Waals surface area (Å²) in [5, 5.41) is 15.0. The first kappa shape index (κ1) is 12.3. The van der Waals surface area contributed by atoms with Crippen molar-refractivity contribution in [1.29, 1.82) is 0 Å². The number of nitro groups is 1. The fourth-order valence-corrected chi connectivity index (χ4v) is 2.38. The molecule has 0 fully saturated rings. The average Bonchev–Trinajstić information content (AvgIpc) is 2.97. The molecule has 1 heterocycles. The smallest absolute Gasteiger partial charge is 0.269 e. The zero-order valence-corrected chi connectivity index (χ0v) is 10.7. The molecule has 1 N–H and O–H groups in total. The molecule has 3 rings (SSSR count). The van der Waals surface area contributed by atoms with Gasteiger partial charge in [-0.2, -0.15) is 5.10 Å². The standard InChI is InChI=1S/C15H13N3O2/c19-18(20)13-8-6-12(7-9-13)15-14(10-16-17-15)11-4-2-1-3-5-11/h1-9,14,16H,10H2. The third-order valence-electron chi connectivity index (χ3n) is 3.40. The van der Waals surface area contributed by atoms with Crippen LogP contribution in [-0.4, -0.2) is 17.2 Å². The van der Waals surface area contributed by atoms with Crippen LogP contribution in [-0.2, 0) is 0 Å². The molecule has 1 aliphatic rings. The minimum atomic E-state index is -0.396. The molecule has 0 aromatic heterocycles. The van der Waals surface area contributed by atoms with Gasteiger partial charge in [-0.1, -0.05) is 30.3 Å². The van der Waals surface area contributed by atoms with Crippen LogP contribution in [0.2, 0.25) is 0 Å². The highest BCUT2D eigenvalue weighted by Crippen LogP contribution is 2.25. The van der Waals surface area contributed by atoms with Gasteiger partial charge in [0.25, 0.3) is 5.69 Å². The first-order valence-corrected chi connectivity index (χ1v) is 6.36. The number of hydrogen-bond acceptors (Lipinski definition) is 4. The molecular weight excluding hydrogens is 254 g/mol. The fourth-order valence-electron chi connectivity index (χ4n) is 2.38. The highest BCUT2D eigenvalue weighted by Gasteiger charge is 2.24. The maximum absolute atomic E-state index is 10.7. The molecule has 0 bridgehead atoms.